The standard InChI is InChI=1S/C20H23N3OS/c1-14-9-8-12-23-18(14)22-17(15-10-6-5-7-11-15)19(23)21-16(24)13-25-20(2,3)4/h5-12H,13H2,1-4H3,(H,21,24). The minimum Gasteiger partial charge on any atom is -0.309 e. The number of hydrogen-bond acceptors (Lipinski definition) is 3. The maximum absolute atomic E-state index is 12.5. The number of thioether (sulfide) groups is 1. The number of pyridine rings is 1. The minimum absolute atomic E-state index is 0.0135. The summed E-state index contributed by atoms with van der Waals surface area (Å²) in [5.41, 5.74) is 3.72. The zero-order chi connectivity index (χ0) is 18.0. The maximum Gasteiger partial charge on any atom is 0.235 e. The first-order chi connectivity index (χ1) is 11.8. The number of anilines is 1. The molecule has 1 amide bonds. The van der Waals surface area contributed by atoms with Crippen LogP contribution in [0.3, 0.4) is 0 Å². The van der Waals surface area contributed by atoms with E-state index in [0.29, 0.717) is 5.75 Å². The number of imidazole rings is 1. The van der Waals surface area contributed by atoms with Gasteiger partial charge >= 0.3 is 0 Å². The van der Waals surface area contributed by atoms with Crippen LogP contribution in [-0.4, -0.2) is 25.8 Å². The zero-order valence-corrected chi connectivity index (χ0v) is 15.9. The summed E-state index contributed by atoms with van der Waals surface area (Å²) in [6, 6.07) is 14.0. The number of aromatic nitrogens is 2. The second-order valence-corrected chi connectivity index (χ2v) is 8.81. The smallest absolute Gasteiger partial charge is 0.235 e. The van der Waals surface area contributed by atoms with E-state index in [9.17, 15) is 4.79 Å². The number of nitrogens with zero attached hydrogens (tertiary/aromatic N) is 2. The molecule has 1 N–H and O–H groups in total. The first-order valence-corrected chi connectivity index (χ1v) is 9.30. The Morgan fingerprint density at radius 2 is 1.88 bits per heavy atom. The van der Waals surface area contributed by atoms with Crippen molar-refractivity contribution in [3.05, 3.63) is 54.2 Å². The molecule has 0 unspecified atom stereocenters. The van der Waals surface area contributed by atoms with E-state index in [1.165, 1.54) is 0 Å². The van der Waals surface area contributed by atoms with Gasteiger partial charge in [-0.05, 0) is 18.6 Å². The largest absolute Gasteiger partial charge is 0.309 e. The second-order valence-electron chi connectivity index (χ2n) is 7.01. The van der Waals surface area contributed by atoms with Gasteiger partial charge in [-0.2, -0.15) is 0 Å². The molecule has 0 aliphatic rings. The molecular formula is C20H23N3OS. The molecule has 0 fully saturated rings. The fraction of sp³-hybridized carbons (Fsp3) is 0.300. The summed E-state index contributed by atoms with van der Waals surface area (Å²) >= 11 is 1.63. The summed E-state index contributed by atoms with van der Waals surface area (Å²) in [6.45, 7) is 8.35. The molecule has 4 nitrogen and oxygen atoms in total. The van der Waals surface area contributed by atoms with Crippen molar-refractivity contribution in [2.45, 2.75) is 32.4 Å². The third-order valence-corrected chi connectivity index (χ3v) is 5.06. The number of aryl methyl sites for hydroxylation is 1. The maximum atomic E-state index is 12.5. The third kappa shape index (κ3) is 4.04. The topological polar surface area (TPSA) is 46.4 Å². The van der Waals surface area contributed by atoms with Gasteiger partial charge in [-0.1, -0.05) is 57.2 Å². The van der Waals surface area contributed by atoms with Crippen molar-refractivity contribution in [3.8, 4) is 11.3 Å². The summed E-state index contributed by atoms with van der Waals surface area (Å²) in [5, 5.41) is 3.07. The lowest BCUT2D eigenvalue weighted by atomic mass is 10.1. The fourth-order valence-corrected chi connectivity index (χ4v) is 3.21. The van der Waals surface area contributed by atoms with Crippen LogP contribution in [-0.2, 0) is 4.79 Å². The van der Waals surface area contributed by atoms with Crippen LogP contribution in [0.25, 0.3) is 16.9 Å². The van der Waals surface area contributed by atoms with E-state index in [1.807, 2.05) is 60.0 Å². The predicted molar refractivity (Wildman–Crippen MR) is 106 cm³/mol. The van der Waals surface area contributed by atoms with Crippen LogP contribution in [0.2, 0.25) is 0 Å². The average molecular weight is 353 g/mol. The fourth-order valence-electron chi connectivity index (χ4n) is 2.57. The van der Waals surface area contributed by atoms with Crippen LogP contribution in [0.5, 0.6) is 0 Å². The van der Waals surface area contributed by atoms with Gasteiger partial charge in [0.1, 0.15) is 17.2 Å². The van der Waals surface area contributed by atoms with Crippen LogP contribution >= 0.6 is 11.8 Å². The normalized spacial score (nSPS) is 11.7. The molecule has 0 saturated carbocycles. The van der Waals surface area contributed by atoms with Gasteiger partial charge in [0.2, 0.25) is 5.91 Å². The summed E-state index contributed by atoms with van der Waals surface area (Å²) in [5.74, 6) is 1.13. The van der Waals surface area contributed by atoms with Crippen molar-refractivity contribution in [2.24, 2.45) is 0 Å². The van der Waals surface area contributed by atoms with E-state index in [1.54, 1.807) is 11.8 Å². The van der Waals surface area contributed by atoms with Crippen molar-refractivity contribution >= 4 is 29.1 Å². The molecule has 130 valence electrons. The minimum atomic E-state index is -0.0135. The Labute approximate surface area is 152 Å². The Morgan fingerprint density at radius 1 is 1.16 bits per heavy atom. The highest BCUT2D eigenvalue weighted by Gasteiger charge is 2.19. The number of benzene rings is 1. The van der Waals surface area contributed by atoms with Gasteiger partial charge in [-0.15, -0.1) is 11.8 Å². The Hall–Kier alpha value is -2.27. The van der Waals surface area contributed by atoms with E-state index in [0.717, 1.165) is 28.3 Å². The van der Waals surface area contributed by atoms with Gasteiger partial charge in [0.25, 0.3) is 0 Å². The van der Waals surface area contributed by atoms with Crippen LogP contribution in [0.1, 0.15) is 26.3 Å². The van der Waals surface area contributed by atoms with Crippen LogP contribution in [0, 0.1) is 6.92 Å². The highest BCUT2D eigenvalue weighted by molar-refractivity contribution is 8.01. The number of carbonyl (C=O) groups excluding carboxylic acids is 1. The van der Waals surface area contributed by atoms with Gasteiger partial charge in [0.05, 0.1) is 5.75 Å². The van der Waals surface area contributed by atoms with Crippen molar-refractivity contribution in [1.29, 1.82) is 0 Å². The molecule has 3 aromatic rings. The lowest BCUT2D eigenvalue weighted by Crippen LogP contribution is -2.20. The van der Waals surface area contributed by atoms with Crippen molar-refractivity contribution in [2.75, 3.05) is 11.1 Å². The Morgan fingerprint density at radius 3 is 2.56 bits per heavy atom. The summed E-state index contributed by atoms with van der Waals surface area (Å²) in [7, 11) is 0. The Balaban J connectivity index is 2.00. The molecule has 0 radical (unpaired) electrons. The van der Waals surface area contributed by atoms with Crippen LogP contribution in [0.15, 0.2) is 48.7 Å². The quantitative estimate of drug-likeness (QED) is 0.734. The van der Waals surface area contributed by atoms with Gasteiger partial charge in [0.15, 0.2) is 0 Å². The van der Waals surface area contributed by atoms with Crippen molar-refractivity contribution in [1.82, 2.24) is 9.38 Å². The molecule has 2 heterocycles. The highest BCUT2D eigenvalue weighted by atomic mass is 32.2. The first-order valence-electron chi connectivity index (χ1n) is 8.32. The molecule has 5 heteroatoms. The van der Waals surface area contributed by atoms with E-state index in [4.69, 9.17) is 4.98 Å². The van der Waals surface area contributed by atoms with Crippen molar-refractivity contribution in [3.63, 3.8) is 0 Å². The number of fused-ring (bicyclic) bond motifs is 1. The molecule has 1 aromatic carbocycles. The first kappa shape index (κ1) is 17.5. The Bertz CT molecular complexity index is 894. The van der Waals surface area contributed by atoms with E-state index in [2.05, 4.69) is 26.1 Å². The SMILES string of the molecule is Cc1cccn2c(NC(=O)CSC(C)(C)C)c(-c3ccccc3)nc12. The predicted octanol–water partition coefficient (Wildman–Crippen LogP) is 4.78. The van der Waals surface area contributed by atoms with Gasteiger partial charge in [-0.25, -0.2) is 4.98 Å². The highest BCUT2D eigenvalue weighted by Crippen LogP contribution is 2.30. The van der Waals surface area contributed by atoms with Gasteiger partial charge < -0.3 is 5.32 Å². The van der Waals surface area contributed by atoms with Gasteiger partial charge in [0, 0.05) is 16.5 Å². The number of amides is 1. The van der Waals surface area contributed by atoms with E-state index >= 15 is 0 Å². The molecule has 0 aliphatic carbocycles. The van der Waals surface area contributed by atoms with E-state index < -0.39 is 0 Å². The molecule has 0 aliphatic heterocycles. The third-order valence-electron chi connectivity index (χ3n) is 3.79. The molecule has 0 saturated heterocycles. The average Bonchev–Trinajstić information content (AvgIpc) is 2.93. The molecule has 2 aromatic heterocycles. The lowest BCUT2D eigenvalue weighted by molar-refractivity contribution is -0.113. The summed E-state index contributed by atoms with van der Waals surface area (Å²) in [4.78, 5) is 17.3. The number of carbonyl (C=O) groups is 1. The van der Waals surface area contributed by atoms with Crippen LogP contribution in [0.4, 0.5) is 5.82 Å². The number of rotatable bonds is 4. The molecule has 25 heavy (non-hydrogen) atoms. The lowest BCUT2D eigenvalue weighted by Gasteiger charge is -2.17. The van der Waals surface area contributed by atoms with Crippen LogP contribution < -0.4 is 5.32 Å². The molecule has 0 bridgehead atoms. The summed E-state index contributed by atoms with van der Waals surface area (Å²) in [6.07, 6.45) is 1.94. The van der Waals surface area contributed by atoms with Gasteiger partial charge in [-0.3, -0.25) is 9.20 Å². The Kier molecular flexibility index (Phi) is 4.86. The molecule has 0 spiro atoms. The van der Waals surface area contributed by atoms with E-state index in [-0.39, 0.29) is 10.7 Å². The molecular weight excluding hydrogens is 330 g/mol. The monoisotopic (exact) mass is 353 g/mol. The summed E-state index contributed by atoms with van der Waals surface area (Å²) < 4.78 is 2.01. The molecule has 0 atom stereocenters. The van der Waals surface area contributed by atoms with Crippen molar-refractivity contribution < 1.29 is 4.79 Å². The number of nitrogens with one attached hydrogen (secondary N) is 1. The number of hydrogen-bond donors (Lipinski definition) is 1. The second kappa shape index (κ2) is 6.92. The zero-order valence-electron chi connectivity index (χ0n) is 15.0. The molecule has 3 rings (SSSR count).